The molecule has 0 bridgehead atoms. The molecule has 3 aromatic rings. The third kappa shape index (κ3) is 4.33. The first-order valence-corrected chi connectivity index (χ1v) is 11.2. The van der Waals surface area contributed by atoms with E-state index in [0.29, 0.717) is 18.7 Å². The normalized spacial score (nSPS) is 17.1. The molecule has 5 nitrogen and oxygen atoms in total. The second kappa shape index (κ2) is 9.43. The zero-order valence-electron chi connectivity index (χ0n) is 18.9. The highest BCUT2D eigenvalue weighted by atomic mass is 16.5. The van der Waals surface area contributed by atoms with Gasteiger partial charge in [-0.05, 0) is 55.3 Å². The quantitative estimate of drug-likeness (QED) is 0.627. The molecule has 0 aliphatic carbocycles. The Labute approximate surface area is 189 Å². The maximum atomic E-state index is 13.4. The third-order valence-electron chi connectivity index (χ3n) is 6.43. The maximum Gasteiger partial charge on any atom is 0.254 e. The van der Waals surface area contributed by atoms with Crippen LogP contribution in [0.3, 0.4) is 0 Å². The van der Waals surface area contributed by atoms with Gasteiger partial charge in [0.05, 0.1) is 19.1 Å². The van der Waals surface area contributed by atoms with E-state index in [1.54, 1.807) is 7.11 Å². The summed E-state index contributed by atoms with van der Waals surface area (Å²) in [5, 5.41) is 4.95. The van der Waals surface area contributed by atoms with Crippen LogP contribution in [0.2, 0.25) is 0 Å². The van der Waals surface area contributed by atoms with Crippen molar-refractivity contribution in [1.82, 2.24) is 10.2 Å². The molecule has 0 aromatic heterocycles. The van der Waals surface area contributed by atoms with Crippen LogP contribution in [0.1, 0.15) is 47.3 Å². The van der Waals surface area contributed by atoms with Crippen LogP contribution >= 0.6 is 0 Å². The van der Waals surface area contributed by atoms with Crippen molar-refractivity contribution >= 4 is 22.6 Å². The Morgan fingerprint density at radius 2 is 1.75 bits per heavy atom. The summed E-state index contributed by atoms with van der Waals surface area (Å²) >= 11 is 0. The lowest BCUT2D eigenvalue weighted by atomic mass is 9.94. The van der Waals surface area contributed by atoms with E-state index in [2.05, 4.69) is 18.3 Å². The zero-order valence-corrected chi connectivity index (χ0v) is 18.9. The van der Waals surface area contributed by atoms with Crippen molar-refractivity contribution in [1.29, 1.82) is 0 Å². The van der Waals surface area contributed by atoms with Crippen LogP contribution in [0, 0.1) is 12.8 Å². The predicted molar refractivity (Wildman–Crippen MR) is 127 cm³/mol. The fourth-order valence-corrected chi connectivity index (χ4v) is 4.66. The summed E-state index contributed by atoms with van der Waals surface area (Å²) in [7, 11) is 1.63. The average Bonchev–Trinajstić information content (AvgIpc) is 2.83. The van der Waals surface area contributed by atoms with Gasteiger partial charge in [0.25, 0.3) is 5.91 Å². The molecule has 0 spiro atoms. The van der Waals surface area contributed by atoms with Crippen molar-refractivity contribution in [2.75, 3.05) is 20.2 Å². The van der Waals surface area contributed by atoms with Crippen LogP contribution in [0.15, 0.2) is 60.7 Å². The molecule has 1 aliphatic rings. The minimum atomic E-state index is -0.205. The standard InChI is InChI=1S/C27H30N2O3/c1-18-9-4-5-11-21(18)19(2)28-26(30)20-10-8-16-29(17-20)27(31)24-14-15-25(32-3)23-13-7-6-12-22(23)24/h4-7,9,11-15,19-20H,8,10,16-17H2,1-3H3,(H,28,30)/t19-,20+/m0/s1. The number of nitrogens with one attached hydrogen (secondary N) is 1. The van der Waals surface area contributed by atoms with Gasteiger partial charge < -0.3 is 15.0 Å². The number of hydrogen-bond donors (Lipinski definition) is 1. The number of fused-ring (bicyclic) bond motifs is 1. The number of piperidine rings is 1. The van der Waals surface area contributed by atoms with Crippen LogP contribution in [0.4, 0.5) is 0 Å². The van der Waals surface area contributed by atoms with Gasteiger partial charge in [-0.15, -0.1) is 0 Å². The van der Waals surface area contributed by atoms with Crippen LogP contribution < -0.4 is 10.1 Å². The van der Waals surface area contributed by atoms with Gasteiger partial charge in [-0.25, -0.2) is 0 Å². The highest BCUT2D eigenvalue weighted by Gasteiger charge is 2.30. The molecule has 0 saturated carbocycles. The molecular formula is C27H30N2O3. The van der Waals surface area contributed by atoms with E-state index in [4.69, 9.17) is 4.74 Å². The van der Waals surface area contributed by atoms with Crippen LogP contribution in [-0.4, -0.2) is 36.9 Å². The van der Waals surface area contributed by atoms with Gasteiger partial charge in [0.15, 0.2) is 0 Å². The van der Waals surface area contributed by atoms with E-state index in [0.717, 1.165) is 40.5 Å². The molecule has 1 heterocycles. The van der Waals surface area contributed by atoms with Crippen molar-refractivity contribution in [2.45, 2.75) is 32.7 Å². The SMILES string of the molecule is COc1ccc(C(=O)N2CCC[C@@H](C(=O)N[C@@H](C)c3ccccc3C)C2)c2ccccc12. The highest BCUT2D eigenvalue weighted by molar-refractivity contribution is 6.08. The lowest BCUT2D eigenvalue weighted by Crippen LogP contribution is -2.46. The summed E-state index contributed by atoms with van der Waals surface area (Å²) in [6.45, 7) is 5.16. The minimum Gasteiger partial charge on any atom is -0.496 e. The number of carbonyl (C=O) groups excluding carboxylic acids is 2. The molecular weight excluding hydrogens is 400 g/mol. The lowest BCUT2D eigenvalue weighted by Gasteiger charge is -2.33. The summed E-state index contributed by atoms with van der Waals surface area (Å²) in [6.07, 6.45) is 1.61. The molecule has 2 amide bonds. The largest absolute Gasteiger partial charge is 0.496 e. The van der Waals surface area contributed by atoms with Gasteiger partial charge in [0.2, 0.25) is 5.91 Å². The molecule has 0 radical (unpaired) electrons. The summed E-state index contributed by atoms with van der Waals surface area (Å²) < 4.78 is 5.46. The molecule has 166 valence electrons. The summed E-state index contributed by atoms with van der Waals surface area (Å²) in [4.78, 5) is 28.3. The van der Waals surface area contributed by atoms with Crippen molar-refractivity contribution in [3.8, 4) is 5.75 Å². The van der Waals surface area contributed by atoms with Crippen molar-refractivity contribution in [3.63, 3.8) is 0 Å². The van der Waals surface area contributed by atoms with Gasteiger partial charge >= 0.3 is 0 Å². The van der Waals surface area contributed by atoms with E-state index < -0.39 is 0 Å². The van der Waals surface area contributed by atoms with E-state index in [9.17, 15) is 9.59 Å². The number of rotatable bonds is 5. The minimum absolute atomic E-state index is 0.0119. The highest BCUT2D eigenvalue weighted by Crippen LogP contribution is 2.30. The molecule has 0 unspecified atom stereocenters. The summed E-state index contributed by atoms with van der Waals surface area (Å²) in [5.41, 5.74) is 2.93. The molecule has 2 atom stereocenters. The van der Waals surface area contributed by atoms with Crippen LogP contribution in [0.25, 0.3) is 10.8 Å². The first kappa shape index (κ1) is 21.9. The van der Waals surface area contributed by atoms with Crippen LogP contribution in [0.5, 0.6) is 5.75 Å². The Morgan fingerprint density at radius 1 is 1.03 bits per heavy atom. The first-order valence-electron chi connectivity index (χ1n) is 11.2. The number of likely N-dealkylation sites (tertiary alicyclic amines) is 1. The van der Waals surface area contributed by atoms with Crippen LogP contribution in [-0.2, 0) is 4.79 Å². The Hall–Kier alpha value is -3.34. The fraction of sp³-hybridized carbons (Fsp3) is 0.333. The summed E-state index contributed by atoms with van der Waals surface area (Å²) in [6, 6.07) is 19.5. The molecule has 1 N–H and O–H groups in total. The van der Waals surface area contributed by atoms with Gasteiger partial charge in [-0.1, -0.05) is 48.5 Å². The Kier molecular flexibility index (Phi) is 6.45. The number of amides is 2. The number of carbonyl (C=O) groups is 2. The molecule has 1 fully saturated rings. The van der Waals surface area contributed by atoms with Crippen molar-refractivity contribution < 1.29 is 14.3 Å². The number of methoxy groups -OCH3 is 1. The van der Waals surface area contributed by atoms with Gasteiger partial charge in [-0.2, -0.15) is 0 Å². The molecule has 5 heteroatoms. The zero-order chi connectivity index (χ0) is 22.7. The second-order valence-corrected chi connectivity index (χ2v) is 8.54. The number of benzene rings is 3. The second-order valence-electron chi connectivity index (χ2n) is 8.54. The number of nitrogens with zero attached hydrogens (tertiary/aromatic N) is 1. The van der Waals surface area contributed by atoms with Gasteiger partial charge in [0, 0.05) is 24.0 Å². The first-order chi connectivity index (χ1) is 15.5. The third-order valence-corrected chi connectivity index (χ3v) is 6.43. The summed E-state index contributed by atoms with van der Waals surface area (Å²) in [5.74, 6) is 0.521. The number of hydrogen-bond acceptors (Lipinski definition) is 3. The molecule has 32 heavy (non-hydrogen) atoms. The number of ether oxygens (including phenoxy) is 1. The smallest absolute Gasteiger partial charge is 0.254 e. The molecule has 3 aromatic carbocycles. The molecule has 1 aliphatic heterocycles. The van der Waals surface area contributed by atoms with Gasteiger partial charge in [-0.3, -0.25) is 9.59 Å². The Bertz CT molecular complexity index is 1140. The van der Waals surface area contributed by atoms with Gasteiger partial charge in [0.1, 0.15) is 5.75 Å². The van der Waals surface area contributed by atoms with E-state index in [1.807, 2.05) is 66.4 Å². The molecule has 1 saturated heterocycles. The average molecular weight is 431 g/mol. The van der Waals surface area contributed by atoms with E-state index in [1.165, 1.54) is 0 Å². The topological polar surface area (TPSA) is 58.6 Å². The molecule has 4 rings (SSSR count). The van der Waals surface area contributed by atoms with Crippen molar-refractivity contribution in [2.24, 2.45) is 5.92 Å². The van der Waals surface area contributed by atoms with Crippen molar-refractivity contribution in [3.05, 3.63) is 77.4 Å². The Morgan fingerprint density at radius 3 is 2.50 bits per heavy atom. The number of aryl methyl sites for hydroxylation is 1. The Balaban J connectivity index is 1.49. The van der Waals surface area contributed by atoms with E-state index in [-0.39, 0.29) is 23.8 Å². The fourth-order valence-electron chi connectivity index (χ4n) is 4.66. The lowest BCUT2D eigenvalue weighted by molar-refractivity contribution is -0.127. The maximum absolute atomic E-state index is 13.4. The predicted octanol–water partition coefficient (Wildman–Crippen LogP) is 4.89. The monoisotopic (exact) mass is 430 g/mol. The van der Waals surface area contributed by atoms with E-state index >= 15 is 0 Å².